The number of benzene rings is 3. The molecule has 3 aromatic rings. The lowest BCUT2D eigenvalue weighted by Gasteiger charge is -2.27. The van der Waals surface area contributed by atoms with Gasteiger partial charge in [0, 0.05) is 0 Å². The molecule has 3 aromatic carbocycles. The molecule has 0 radical (unpaired) electrons. The van der Waals surface area contributed by atoms with Crippen LogP contribution in [0.2, 0.25) is 0 Å². The van der Waals surface area contributed by atoms with Crippen LogP contribution in [0, 0.1) is 0 Å². The van der Waals surface area contributed by atoms with Gasteiger partial charge in [-0.15, -0.1) is 0 Å². The van der Waals surface area contributed by atoms with Gasteiger partial charge in [-0.2, -0.15) is 5.10 Å². The highest BCUT2D eigenvalue weighted by Crippen LogP contribution is 2.29. The Morgan fingerprint density at radius 2 is 1.71 bits per heavy atom. The molecule has 200 valence electrons. The van der Waals surface area contributed by atoms with Crippen LogP contribution in [-0.2, 0) is 14.8 Å². The van der Waals surface area contributed by atoms with Gasteiger partial charge in [0.25, 0.3) is 5.91 Å². The van der Waals surface area contributed by atoms with E-state index in [1.54, 1.807) is 48.5 Å². The molecule has 1 amide bonds. The van der Waals surface area contributed by atoms with Crippen LogP contribution < -0.4 is 23.9 Å². The highest BCUT2D eigenvalue weighted by Gasteiger charge is 2.29. The van der Waals surface area contributed by atoms with Crippen LogP contribution in [0.15, 0.2) is 90.6 Å². The number of sulfonamides is 1. The average molecular weight is 538 g/mol. The van der Waals surface area contributed by atoms with E-state index in [0.29, 0.717) is 47.5 Å². The van der Waals surface area contributed by atoms with Gasteiger partial charge < -0.3 is 14.2 Å². The monoisotopic (exact) mass is 537 g/mol. The Labute approximate surface area is 223 Å². The van der Waals surface area contributed by atoms with E-state index in [4.69, 9.17) is 14.2 Å². The fourth-order valence-corrected chi connectivity index (χ4v) is 4.67. The fraction of sp³-hybridized carbons (Fsp3) is 0.214. The number of anilines is 1. The quantitative estimate of drug-likeness (QED) is 0.192. The van der Waals surface area contributed by atoms with Gasteiger partial charge in [0.05, 0.1) is 24.8 Å². The summed E-state index contributed by atoms with van der Waals surface area (Å²) in [6.45, 7) is 7.75. The first-order valence-electron chi connectivity index (χ1n) is 11.9. The molecule has 0 fully saturated rings. The number of para-hydroxylation sites is 1. The van der Waals surface area contributed by atoms with Gasteiger partial charge >= 0.3 is 0 Å². The second-order valence-corrected chi connectivity index (χ2v) is 9.98. The predicted molar refractivity (Wildman–Crippen MR) is 149 cm³/mol. The molecule has 0 bridgehead atoms. The van der Waals surface area contributed by atoms with Crippen LogP contribution >= 0.6 is 0 Å². The first kappa shape index (κ1) is 28.3. The Morgan fingerprint density at radius 3 is 2.34 bits per heavy atom. The molecule has 1 atom stereocenters. The Bertz CT molecular complexity index is 1360. The standard InChI is InChI=1S/C28H31N3O6S/c1-5-18-36-26-17-12-22(19-27(26)35-6-2)20-29-30-28(32)21(3)31(38(4,33)34)23-13-15-25(16-14-23)37-24-10-8-7-9-11-24/h5,7-17,19-21H,1,6,18H2,2-4H3,(H,30,32)/b29-20-/t21-/m1/s1. The van der Waals surface area contributed by atoms with Crippen LogP contribution in [0.5, 0.6) is 23.0 Å². The van der Waals surface area contributed by atoms with Crippen molar-refractivity contribution in [1.29, 1.82) is 0 Å². The molecule has 0 unspecified atom stereocenters. The largest absolute Gasteiger partial charge is 0.490 e. The maximum absolute atomic E-state index is 12.8. The predicted octanol–water partition coefficient (Wildman–Crippen LogP) is 4.75. The van der Waals surface area contributed by atoms with E-state index < -0.39 is 22.0 Å². The van der Waals surface area contributed by atoms with E-state index in [1.165, 1.54) is 13.1 Å². The number of hydrogen-bond acceptors (Lipinski definition) is 7. The summed E-state index contributed by atoms with van der Waals surface area (Å²) in [4.78, 5) is 12.8. The zero-order valence-corrected chi connectivity index (χ0v) is 22.4. The third-order valence-corrected chi connectivity index (χ3v) is 6.41. The number of ether oxygens (including phenoxy) is 3. The highest BCUT2D eigenvalue weighted by molar-refractivity contribution is 7.92. The number of amides is 1. The van der Waals surface area contributed by atoms with E-state index in [0.717, 1.165) is 10.6 Å². The number of carbonyl (C=O) groups is 1. The molecule has 0 aromatic heterocycles. The SMILES string of the molecule is C=CCOc1ccc(/C=N\NC(=O)[C@@H](C)N(c2ccc(Oc3ccccc3)cc2)S(C)(=O)=O)cc1OCC. The third kappa shape index (κ3) is 7.84. The number of carbonyl (C=O) groups excluding carboxylic acids is 1. The van der Waals surface area contributed by atoms with Crippen molar-refractivity contribution in [1.82, 2.24) is 5.43 Å². The van der Waals surface area contributed by atoms with Crippen LogP contribution in [-0.4, -0.2) is 46.1 Å². The summed E-state index contributed by atoms with van der Waals surface area (Å²) in [6.07, 6.45) is 4.11. The first-order chi connectivity index (χ1) is 18.2. The van der Waals surface area contributed by atoms with Crippen molar-refractivity contribution >= 4 is 27.8 Å². The summed E-state index contributed by atoms with van der Waals surface area (Å²) in [5.74, 6) is 1.67. The van der Waals surface area contributed by atoms with Crippen molar-refractivity contribution in [2.75, 3.05) is 23.8 Å². The van der Waals surface area contributed by atoms with E-state index in [-0.39, 0.29) is 0 Å². The zero-order valence-electron chi connectivity index (χ0n) is 21.5. The molecule has 0 spiro atoms. The maximum Gasteiger partial charge on any atom is 0.263 e. The van der Waals surface area contributed by atoms with Crippen molar-refractivity contribution in [3.63, 3.8) is 0 Å². The molecule has 0 saturated heterocycles. The second-order valence-electron chi connectivity index (χ2n) is 8.12. The maximum atomic E-state index is 12.8. The normalized spacial score (nSPS) is 12.0. The number of hydrogen-bond donors (Lipinski definition) is 1. The molecule has 0 heterocycles. The van der Waals surface area contributed by atoms with Gasteiger partial charge in [-0.1, -0.05) is 30.9 Å². The minimum Gasteiger partial charge on any atom is -0.490 e. The molecule has 0 aliphatic rings. The average Bonchev–Trinajstić information content (AvgIpc) is 2.89. The van der Waals surface area contributed by atoms with E-state index in [9.17, 15) is 13.2 Å². The van der Waals surface area contributed by atoms with Crippen LogP contribution in [0.1, 0.15) is 19.4 Å². The van der Waals surface area contributed by atoms with Gasteiger partial charge in [-0.05, 0) is 74.0 Å². The molecule has 0 saturated carbocycles. The Kier molecular flexibility index (Phi) is 9.89. The van der Waals surface area contributed by atoms with Crippen molar-refractivity contribution in [2.45, 2.75) is 19.9 Å². The third-order valence-electron chi connectivity index (χ3n) is 5.17. The van der Waals surface area contributed by atoms with Gasteiger partial charge in [0.1, 0.15) is 24.1 Å². The summed E-state index contributed by atoms with van der Waals surface area (Å²) >= 11 is 0. The summed E-state index contributed by atoms with van der Waals surface area (Å²) < 4.78 is 43.2. The van der Waals surface area contributed by atoms with Crippen LogP contribution in [0.4, 0.5) is 5.69 Å². The minimum atomic E-state index is -3.79. The van der Waals surface area contributed by atoms with Crippen molar-refractivity contribution < 1.29 is 27.4 Å². The van der Waals surface area contributed by atoms with Crippen molar-refractivity contribution in [3.8, 4) is 23.0 Å². The van der Waals surface area contributed by atoms with E-state index >= 15 is 0 Å². The lowest BCUT2D eigenvalue weighted by Crippen LogP contribution is -2.46. The molecular weight excluding hydrogens is 506 g/mol. The highest BCUT2D eigenvalue weighted by atomic mass is 32.2. The fourth-order valence-electron chi connectivity index (χ4n) is 3.50. The Hall–Kier alpha value is -4.31. The number of rotatable bonds is 13. The smallest absolute Gasteiger partial charge is 0.263 e. The van der Waals surface area contributed by atoms with E-state index in [2.05, 4.69) is 17.1 Å². The molecule has 0 aliphatic carbocycles. The topological polar surface area (TPSA) is 107 Å². The van der Waals surface area contributed by atoms with Gasteiger partial charge in [-0.3, -0.25) is 9.10 Å². The summed E-state index contributed by atoms with van der Waals surface area (Å²) in [6, 6.07) is 19.8. The Balaban J connectivity index is 1.71. The van der Waals surface area contributed by atoms with Crippen molar-refractivity contribution in [3.05, 3.63) is 91.0 Å². The molecule has 1 N–H and O–H groups in total. The summed E-state index contributed by atoms with van der Waals surface area (Å²) in [5.41, 5.74) is 3.38. The molecule has 9 nitrogen and oxygen atoms in total. The van der Waals surface area contributed by atoms with Crippen LogP contribution in [0.25, 0.3) is 0 Å². The summed E-state index contributed by atoms with van der Waals surface area (Å²) in [7, 11) is -3.79. The lowest BCUT2D eigenvalue weighted by atomic mass is 10.2. The molecule has 38 heavy (non-hydrogen) atoms. The minimum absolute atomic E-state index is 0.316. The van der Waals surface area contributed by atoms with Gasteiger partial charge in [-0.25, -0.2) is 13.8 Å². The van der Waals surface area contributed by atoms with Crippen LogP contribution in [0.3, 0.4) is 0 Å². The summed E-state index contributed by atoms with van der Waals surface area (Å²) in [5, 5.41) is 4.00. The second kappa shape index (κ2) is 13.3. The number of nitrogens with one attached hydrogen (secondary N) is 1. The van der Waals surface area contributed by atoms with Crippen molar-refractivity contribution in [2.24, 2.45) is 5.10 Å². The number of nitrogens with zero attached hydrogens (tertiary/aromatic N) is 2. The molecule has 0 aliphatic heterocycles. The Morgan fingerprint density at radius 1 is 1.03 bits per heavy atom. The molecule has 3 rings (SSSR count). The van der Waals surface area contributed by atoms with Gasteiger partial charge in [0.15, 0.2) is 11.5 Å². The zero-order chi connectivity index (χ0) is 27.5. The first-order valence-corrected chi connectivity index (χ1v) is 13.7. The van der Waals surface area contributed by atoms with E-state index in [1.807, 2.05) is 37.3 Å². The van der Waals surface area contributed by atoms with Gasteiger partial charge in [0.2, 0.25) is 10.0 Å². The lowest BCUT2D eigenvalue weighted by molar-refractivity contribution is -0.121. The number of hydrazone groups is 1. The molecule has 10 heteroatoms. The molecular formula is C28H31N3O6S.